The average molecular weight is 449 g/mol. The lowest BCUT2D eigenvalue weighted by atomic mass is 10.2. The van der Waals surface area contributed by atoms with Gasteiger partial charge in [-0.05, 0) is 59.3 Å². The molecule has 28 heavy (non-hydrogen) atoms. The van der Waals surface area contributed by atoms with Crippen LogP contribution in [0.5, 0.6) is 0 Å². The fraction of sp³-hybridized carbons (Fsp3) is 0.105. The zero-order valence-electron chi connectivity index (χ0n) is 14.6. The highest BCUT2D eigenvalue weighted by molar-refractivity contribution is 9.11. The SMILES string of the molecule is CC1OC=CC(Br)=C1N=Nc1cccc(NC(=O)Nc2cc(F)ccc2F)c1. The molecule has 1 aliphatic rings. The highest BCUT2D eigenvalue weighted by Gasteiger charge is 2.15. The van der Waals surface area contributed by atoms with E-state index in [0.29, 0.717) is 17.1 Å². The Balaban J connectivity index is 1.69. The van der Waals surface area contributed by atoms with E-state index in [1.165, 1.54) is 0 Å². The van der Waals surface area contributed by atoms with Crippen molar-refractivity contribution >= 4 is 39.0 Å². The molecule has 1 aliphatic heterocycles. The van der Waals surface area contributed by atoms with E-state index in [4.69, 9.17) is 4.74 Å². The van der Waals surface area contributed by atoms with Crippen LogP contribution in [-0.2, 0) is 4.74 Å². The second-order valence-electron chi connectivity index (χ2n) is 5.77. The molecule has 6 nitrogen and oxygen atoms in total. The van der Waals surface area contributed by atoms with Crippen LogP contribution in [0.4, 0.5) is 30.6 Å². The van der Waals surface area contributed by atoms with E-state index in [9.17, 15) is 13.6 Å². The van der Waals surface area contributed by atoms with Crippen LogP contribution in [0.3, 0.4) is 0 Å². The first-order valence-corrected chi connectivity index (χ1v) is 8.98. The lowest BCUT2D eigenvalue weighted by Crippen LogP contribution is -2.20. The molecule has 0 fully saturated rings. The number of azo groups is 1. The fourth-order valence-corrected chi connectivity index (χ4v) is 2.83. The number of rotatable bonds is 4. The van der Waals surface area contributed by atoms with E-state index in [1.54, 1.807) is 36.6 Å². The zero-order valence-corrected chi connectivity index (χ0v) is 16.2. The van der Waals surface area contributed by atoms with E-state index in [1.807, 2.05) is 6.92 Å². The van der Waals surface area contributed by atoms with Crippen molar-refractivity contribution in [2.45, 2.75) is 13.0 Å². The van der Waals surface area contributed by atoms with Crippen molar-refractivity contribution in [3.8, 4) is 0 Å². The van der Waals surface area contributed by atoms with Gasteiger partial charge in [0, 0.05) is 16.2 Å². The number of amides is 2. The number of hydrogen-bond acceptors (Lipinski definition) is 4. The first kappa shape index (κ1) is 19.7. The smallest absolute Gasteiger partial charge is 0.323 e. The third-order valence-corrected chi connectivity index (χ3v) is 4.35. The average Bonchev–Trinajstić information content (AvgIpc) is 2.64. The summed E-state index contributed by atoms with van der Waals surface area (Å²) in [4.78, 5) is 12.0. The molecule has 0 aromatic heterocycles. The molecule has 2 aromatic rings. The molecule has 0 bridgehead atoms. The van der Waals surface area contributed by atoms with E-state index in [-0.39, 0.29) is 11.8 Å². The second kappa shape index (κ2) is 8.75. The summed E-state index contributed by atoms with van der Waals surface area (Å²) < 4.78 is 32.9. The summed E-state index contributed by atoms with van der Waals surface area (Å²) in [6.45, 7) is 1.84. The number of anilines is 2. The zero-order chi connectivity index (χ0) is 20.1. The monoisotopic (exact) mass is 448 g/mol. The number of hydrogen-bond donors (Lipinski definition) is 2. The molecule has 0 aliphatic carbocycles. The van der Waals surface area contributed by atoms with Gasteiger partial charge in [0.25, 0.3) is 0 Å². The van der Waals surface area contributed by atoms with Crippen molar-refractivity contribution in [3.63, 3.8) is 0 Å². The Morgan fingerprint density at radius 1 is 1.14 bits per heavy atom. The van der Waals surface area contributed by atoms with Crippen LogP contribution in [0.1, 0.15) is 6.92 Å². The van der Waals surface area contributed by atoms with Crippen molar-refractivity contribution in [3.05, 3.63) is 76.6 Å². The van der Waals surface area contributed by atoms with Crippen LogP contribution in [0.25, 0.3) is 0 Å². The van der Waals surface area contributed by atoms with Gasteiger partial charge in [-0.2, -0.15) is 5.11 Å². The Hall–Kier alpha value is -3.07. The minimum Gasteiger partial charge on any atom is -0.492 e. The molecule has 1 heterocycles. The number of nitrogens with one attached hydrogen (secondary N) is 2. The van der Waals surface area contributed by atoms with Gasteiger partial charge in [0.15, 0.2) is 0 Å². The number of allylic oxidation sites excluding steroid dienone is 2. The van der Waals surface area contributed by atoms with Gasteiger partial charge in [-0.25, -0.2) is 13.6 Å². The summed E-state index contributed by atoms with van der Waals surface area (Å²) in [5, 5.41) is 13.1. The number of ether oxygens (including phenoxy) is 1. The predicted molar refractivity (Wildman–Crippen MR) is 106 cm³/mol. The molecular formula is C19H15BrF2N4O2. The molecule has 0 radical (unpaired) electrons. The standard InChI is InChI=1S/C19H15BrF2N4O2/c1-11-18(15(20)7-8-28-11)26-25-14-4-2-3-13(10-14)23-19(27)24-17-9-12(21)5-6-16(17)22/h2-11H,1H3,(H2,23,24,27). The van der Waals surface area contributed by atoms with E-state index < -0.39 is 17.7 Å². The predicted octanol–water partition coefficient (Wildman–Crippen LogP) is 6.23. The quantitative estimate of drug-likeness (QED) is 0.543. The lowest BCUT2D eigenvalue weighted by molar-refractivity contribution is 0.186. The maximum atomic E-state index is 13.6. The van der Waals surface area contributed by atoms with E-state index >= 15 is 0 Å². The van der Waals surface area contributed by atoms with Gasteiger partial charge in [-0.3, -0.25) is 0 Å². The topological polar surface area (TPSA) is 75.1 Å². The van der Waals surface area contributed by atoms with Crippen molar-refractivity contribution < 1.29 is 18.3 Å². The summed E-state index contributed by atoms with van der Waals surface area (Å²) in [6, 6.07) is 8.68. The van der Waals surface area contributed by atoms with Gasteiger partial charge in [-0.15, -0.1) is 5.11 Å². The number of halogens is 3. The minimum atomic E-state index is -0.740. The van der Waals surface area contributed by atoms with Crippen LogP contribution in [-0.4, -0.2) is 12.1 Å². The second-order valence-corrected chi connectivity index (χ2v) is 6.62. The molecule has 9 heteroatoms. The normalized spacial score (nSPS) is 16.2. The van der Waals surface area contributed by atoms with Crippen LogP contribution in [0.2, 0.25) is 0 Å². The third-order valence-electron chi connectivity index (χ3n) is 3.68. The van der Waals surface area contributed by atoms with Crippen LogP contribution >= 0.6 is 15.9 Å². The highest BCUT2D eigenvalue weighted by atomic mass is 79.9. The molecule has 1 atom stereocenters. The highest BCUT2D eigenvalue weighted by Crippen LogP contribution is 2.27. The Morgan fingerprint density at radius 2 is 1.96 bits per heavy atom. The first-order valence-electron chi connectivity index (χ1n) is 8.19. The Bertz CT molecular complexity index is 992. The van der Waals surface area contributed by atoms with Crippen LogP contribution in [0.15, 0.2) is 75.2 Å². The molecule has 2 N–H and O–H groups in total. The molecule has 0 saturated heterocycles. The van der Waals surface area contributed by atoms with Crippen molar-refractivity contribution in [1.29, 1.82) is 0 Å². The molecule has 0 spiro atoms. The molecular weight excluding hydrogens is 434 g/mol. The largest absolute Gasteiger partial charge is 0.492 e. The van der Waals surface area contributed by atoms with Gasteiger partial charge >= 0.3 is 6.03 Å². The van der Waals surface area contributed by atoms with Gasteiger partial charge in [0.05, 0.1) is 17.6 Å². The van der Waals surface area contributed by atoms with E-state index in [0.717, 1.165) is 22.7 Å². The van der Waals surface area contributed by atoms with Gasteiger partial charge in [0.1, 0.15) is 23.4 Å². The van der Waals surface area contributed by atoms with Gasteiger partial charge in [-0.1, -0.05) is 6.07 Å². The molecule has 2 aromatic carbocycles. The molecule has 144 valence electrons. The number of carbonyl (C=O) groups excluding carboxylic acids is 1. The van der Waals surface area contributed by atoms with E-state index in [2.05, 4.69) is 36.8 Å². The van der Waals surface area contributed by atoms with Gasteiger partial charge < -0.3 is 15.4 Å². The summed E-state index contributed by atoms with van der Waals surface area (Å²) in [7, 11) is 0. The van der Waals surface area contributed by atoms with Crippen molar-refractivity contribution in [2.75, 3.05) is 10.6 Å². The molecule has 3 rings (SSSR count). The summed E-state index contributed by atoms with van der Waals surface area (Å²) in [5.74, 6) is -1.40. The van der Waals surface area contributed by atoms with Crippen LogP contribution < -0.4 is 10.6 Å². The molecule has 2 amide bonds. The maximum Gasteiger partial charge on any atom is 0.323 e. The number of benzene rings is 2. The Labute approximate surface area is 168 Å². The number of carbonyl (C=O) groups is 1. The number of nitrogens with zero attached hydrogens (tertiary/aromatic N) is 2. The van der Waals surface area contributed by atoms with Gasteiger partial charge in [0.2, 0.25) is 0 Å². The first-order chi connectivity index (χ1) is 13.4. The summed E-state index contributed by atoms with van der Waals surface area (Å²) in [6.07, 6.45) is 3.04. The lowest BCUT2D eigenvalue weighted by Gasteiger charge is -2.16. The summed E-state index contributed by atoms with van der Waals surface area (Å²) >= 11 is 3.39. The Morgan fingerprint density at radius 3 is 2.75 bits per heavy atom. The number of urea groups is 1. The van der Waals surface area contributed by atoms with Crippen molar-refractivity contribution in [2.24, 2.45) is 10.2 Å². The molecule has 1 unspecified atom stereocenters. The maximum absolute atomic E-state index is 13.6. The third kappa shape index (κ3) is 5.01. The van der Waals surface area contributed by atoms with Crippen molar-refractivity contribution in [1.82, 2.24) is 0 Å². The minimum absolute atomic E-state index is 0.253. The Kier molecular flexibility index (Phi) is 6.15. The fourth-order valence-electron chi connectivity index (χ4n) is 2.33. The molecule has 0 saturated carbocycles. The summed E-state index contributed by atoms with van der Waals surface area (Å²) in [5.41, 5.74) is 1.26. The van der Waals surface area contributed by atoms with Crippen LogP contribution in [0, 0.1) is 11.6 Å².